The molecule has 0 aliphatic carbocycles. The van der Waals surface area contributed by atoms with Crippen molar-refractivity contribution in [2.24, 2.45) is 40.7 Å². The maximum atomic E-state index is 13.9. The van der Waals surface area contributed by atoms with Gasteiger partial charge in [-0.1, -0.05) is 46.7 Å². The average molecular weight is 620 g/mol. The largest absolute Gasteiger partial charge is 0.459 e. The molecule has 0 amide bonds. The Balaban J connectivity index is 2.74. The summed E-state index contributed by atoms with van der Waals surface area (Å²) in [7, 11) is 3.19. The van der Waals surface area contributed by atoms with Crippen molar-refractivity contribution in [3.8, 4) is 0 Å². The van der Waals surface area contributed by atoms with Crippen molar-refractivity contribution >= 4 is 11.7 Å². The second-order valence-electron chi connectivity index (χ2n) is 13.7. The van der Waals surface area contributed by atoms with Crippen molar-refractivity contribution < 1.29 is 48.3 Å². The van der Waals surface area contributed by atoms with Gasteiger partial charge < -0.3 is 39.1 Å². The predicted octanol–water partition coefficient (Wildman–Crippen LogP) is 4.27. The van der Waals surface area contributed by atoms with E-state index in [-0.39, 0.29) is 24.2 Å². The van der Waals surface area contributed by atoms with Crippen molar-refractivity contribution in [2.45, 2.75) is 136 Å². The Morgan fingerprint density at radius 3 is 2.05 bits per heavy atom. The van der Waals surface area contributed by atoms with E-state index in [1.807, 2.05) is 20.8 Å². The van der Waals surface area contributed by atoms with Gasteiger partial charge in [0.25, 0.3) is 6.86 Å². The highest BCUT2D eigenvalue weighted by Gasteiger charge is 2.53. The van der Waals surface area contributed by atoms with Gasteiger partial charge >= 0.3 is 5.97 Å². The van der Waals surface area contributed by atoms with E-state index in [4.69, 9.17) is 23.8 Å². The lowest BCUT2D eigenvalue weighted by Gasteiger charge is -2.51. The first-order valence-corrected chi connectivity index (χ1v) is 15.7. The molecule has 2 aliphatic rings. The van der Waals surface area contributed by atoms with Crippen LogP contribution < -0.4 is 0 Å². The van der Waals surface area contributed by atoms with E-state index in [0.717, 1.165) is 0 Å². The summed E-state index contributed by atoms with van der Waals surface area (Å²) in [5, 5.41) is 38.1. The molecule has 2 fully saturated rings. The van der Waals surface area contributed by atoms with E-state index in [1.165, 1.54) is 6.92 Å². The molecule has 43 heavy (non-hydrogen) atoms. The second kappa shape index (κ2) is 14.8. The lowest BCUT2D eigenvalue weighted by Crippen LogP contribution is -2.60. The molecule has 2 heterocycles. The molecule has 0 saturated carbocycles. The fourth-order valence-corrected chi connectivity index (χ4v) is 7.62. The van der Waals surface area contributed by atoms with Gasteiger partial charge in [0.1, 0.15) is 17.8 Å². The summed E-state index contributed by atoms with van der Waals surface area (Å²) >= 11 is 0. The summed E-state index contributed by atoms with van der Waals surface area (Å²) in [5.74, 6) is -3.02. The number of methoxy groups -OCH3 is 2. The Morgan fingerprint density at radius 2 is 1.53 bits per heavy atom. The van der Waals surface area contributed by atoms with Crippen molar-refractivity contribution in [1.82, 2.24) is 0 Å². The van der Waals surface area contributed by atoms with Crippen LogP contribution in [0.4, 0.5) is 4.39 Å². The van der Waals surface area contributed by atoms with Gasteiger partial charge in [-0.05, 0) is 52.4 Å². The second-order valence-corrected chi connectivity index (χ2v) is 13.7. The van der Waals surface area contributed by atoms with E-state index >= 15 is 0 Å². The van der Waals surface area contributed by atoms with E-state index in [2.05, 4.69) is 19.0 Å². The minimum absolute atomic E-state index is 0.142. The molecule has 0 bridgehead atoms. The molecule has 2 saturated heterocycles. The Bertz CT molecular complexity index is 950. The highest BCUT2D eigenvalue weighted by Crippen LogP contribution is 2.46. The van der Waals surface area contributed by atoms with Crippen LogP contribution in [0.5, 0.6) is 0 Å². The number of aliphatic hydroxyl groups is 3. The molecule has 2 rings (SSSR count). The summed E-state index contributed by atoms with van der Waals surface area (Å²) in [6, 6.07) is 0. The highest BCUT2D eigenvalue weighted by molar-refractivity contribution is 5.88. The molecule has 0 aromatic carbocycles. The lowest BCUT2D eigenvalue weighted by molar-refractivity contribution is -0.236. The zero-order valence-electron chi connectivity index (χ0n) is 28.3. The maximum Gasteiger partial charge on any atom is 0.309 e. The molecule has 14 atom stereocenters. The molecule has 0 aromatic rings. The standard InChI is InChI=1S/C32H58FNO9/c1-13-24-32(10,38)27(35)20(5)26(34-41-16-33)17(2)14-30(8,39-11)21(6)18(3)25(19(4)29(37)43-24)23-15-31(9,40-12)28(36)22(7)42-23/h17-25,27-28,35-36,38H,13-16H2,1-12H3/b34-26+/t17-,18-,19-,20+,21-,22+,23?,24-,25+,27-,28+,30-,31-,32-/m1/s1. The van der Waals surface area contributed by atoms with Crippen LogP contribution in [0.25, 0.3) is 0 Å². The van der Waals surface area contributed by atoms with Crippen LogP contribution in [0.1, 0.15) is 88.5 Å². The Hall–Kier alpha value is -1.37. The quantitative estimate of drug-likeness (QED) is 0.294. The molecule has 11 heteroatoms. The molecule has 0 spiro atoms. The normalized spacial score (nSPS) is 48.4. The highest BCUT2D eigenvalue weighted by atomic mass is 19.1. The summed E-state index contributed by atoms with van der Waals surface area (Å²) in [6.07, 6.45) is -3.33. The van der Waals surface area contributed by atoms with Gasteiger partial charge in [0.2, 0.25) is 0 Å². The monoisotopic (exact) mass is 619 g/mol. The molecular weight excluding hydrogens is 561 g/mol. The van der Waals surface area contributed by atoms with E-state index in [9.17, 15) is 24.5 Å². The molecule has 10 nitrogen and oxygen atoms in total. The number of aliphatic hydroxyl groups excluding tert-OH is 2. The van der Waals surface area contributed by atoms with Crippen molar-refractivity contribution in [3.05, 3.63) is 0 Å². The molecule has 252 valence electrons. The van der Waals surface area contributed by atoms with Crippen LogP contribution in [0, 0.1) is 35.5 Å². The zero-order valence-corrected chi connectivity index (χ0v) is 28.3. The fraction of sp³-hybridized carbons (Fsp3) is 0.938. The Labute approximate surface area is 257 Å². The molecular formula is C32H58FNO9. The number of alkyl halides is 1. The van der Waals surface area contributed by atoms with Crippen LogP contribution in [0.2, 0.25) is 0 Å². The number of esters is 1. The van der Waals surface area contributed by atoms with Crippen molar-refractivity contribution in [1.29, 1.82) is 0 Å². The summed E-state index contributed by atoms with van der Waals surface area (Å²) in [5.41, 5.74) is -3.15. The molecule has 3 N–H and O–H groups in total. The minimum atomic E-state index is -1.86. The van der Waals surface area contributed by atoms with Gasteiger partial charge in [-0.2, -0.15) is 0 Å². The van der Waals surface area contributed by atoms with Crippen LogP contribution in [0.15, 0.2) is 5.16 Å². The third-order valence-corrected chi connectivity index (χ3v) is 11.0. The number of hydrogen-bond acceptors (Lipinski definition) is 10. The third kappa shape index (κ3) is 7.72. The predicted molar refractivity (Wildman–Crippen MR) is 161 cm³/mol. The van der Waals surface area contributed by atoms with Crippen LogP contribution in [0.3, 0.4) is 0 Å². The van der Waals surface area contributed by atoms with Gasteiger partial charge in [-0.25, -0.2) is 4.39 Å². The molecule has 0 aromatic heterocycles. The number of oxime groups is 1. The first kappa shape index (κ1) is 37.8. The number of hydrogen-bond donors (Lipinski definition) is 3. The smallest absolute Gasteiger partial charge is 0.309 e. The average Bonchev–Trinajstić information content (AvgIpc) is 2.96. The molecule has 2 aliphatic heterocycles. The first-order chi connectivity index (χ1) is 19.9. The topological polar surface area (TPSA) is 136 Å². The van der Waals surface area contributed by atoms with Crippen molar-refractivity contribution in [3.63, 3.8) is 0 Å². The summed E-state index contributed by atoms with van der Waals surface area (Å²) in [6.45, 7) is 17.2. The zero-order chi connectivity index (χ0) is 33.1. The van der Waals surface area contributed by atoms with Gasteiger partial charge in [0.05, 0.1) is 41.1 Å². The number of rotatable bonds is 6. The van der Waals surface area contributed by atoms with Gasteiger partial charge in [-0.3, -0.25) is 4.79 Å². The number of ether oxygens (including phenoxy) is 4. The SMILES string of the molecule is CC[C@H]1OC(=O)[C@H](C)[C@@H](C2C[C@@](C)(OC)[C@@H](O)[C@H](C)O2)[C@H](C)[C@@H](C)[C@](C)(OC)C[C@@H](C)/C(=N\OCF)[C@H](C)[C@@H](O)[C@]1(C)O. The van der Waals surface area contributed by atoms with E-state index in [1.54, 1.807) is 41.9 Å². The summed E-state index contributed by atoms with van der Waals surface area (Å²) in [4.78, 5) is 18.8. The van der Waals surface area contributed by atoms with Crippen LogP contribution in [-0.4, -0.2) is 95.4 Å². The number of cyclic esters (lactones) is 1. The van der Waals surface area contributed by atoms with Gasteiger partial charge in [-0.15, -0.1) is 0 Å². The third-order valence-electron chi connectivity index (χ3n) is 11.0. The Morgan fingerprint density at radius 1 is 0.953 bits per heavy atom. The summed E-state index contributed by atoms with van der Waals surface area (Å²) < 4.78 is 37.5. The van der Waals surface area contributed by atoms with Gasteiger partial charge in [0, 0.05) is 38.4 Å². The number of carbonyl (C=O) groups is 1. The Kier molecular flexibility index (Phi) is 13.0. The van der Waals surface area contributed by atoms with E-state index < -0.39 is 77.9 Å². The first-order valence-electron chi connectivity index (χ1n) is 15.7. The maximum absolute atomic E-state index is 13.9. The number of nitrogens with zero attached hydrogens (tertiary/aromatic N) is 1. The molecule has 1 unspecified atom stereocenters. The lowest BCUT2D eigenvalue weighted by atomic mass is 9.65. The minimum Gasteiger partial charge on any atom is -0.459 e. The van der Waals surface area contributed by atoms with Crippen LogP contribution in [-0.2, 0) is 28.6 Å². The fourth-order valence-electron chi connectivity index (χ4n) is 7.62. The van der Waals surface area contributed by atoms with Gasteiger partial charge in [0.15, 0.2) is 0 Å². The molecule has 0 radical (unpaired) electrons. The van der Waals surface area contributed by atoms with Crippen LogP contribution >= 0.6 is 0 Å². The number of carbonyl (C=O) groups excluding carboxylic acids is 1. The number of halogens is 1. The van der Waals surface area contributed by atoms with Crippen molar-refractivity contribution in [2.75, 3.05) is 21.1 Å². The van der Waals surface area contributed by atoms with E-state index in [0.29, 0.717) is 18.6 Å².